The number of hydrogen-bond acceptors (Lipinski definition) is 6. The first kappa shape index (κ1) is 15.5. The molecule has 0 bridgehead atoms. The number of rotatable bonds is 4. The summed E-state index contributed by atoms with van der Waals surface area (Å²) in [7, 11) is 1.70. The fourth-order valence-electron chi connectivity index (χ4n) is 3.04. The Bertz CT molecular complexity index is 843. The van der Waals surface area contributed by atoms with E-state index >= 15 is 0 Å². The molecule has 0 saturated carbocycles. The molecular formula is C18H19N3O2S. The lowest BCUT2D eigenvalue weighted by molar-refractivity contribution is 0.0342. The fraction of sp³-hybridized carbons (Fsp3) is 0.333. The van der Waals surface area contributed by atoms with Gasteiger partial charge in [-0.3, -0.25) is 4.90 Å². The lowest BCUT2D eigenvalue weighted by Crippen LogP contribution is -2.35. The molecule has 1 aliphatic rings. The van der Waals surface area contributed by atoms with Gasteiger partial charge in [-0.25, -0.2) is 9.97 Å². The van der Waals surface area contributed by atoms with Gasteiger partial charge in [0.25, 0.3) is 0 Å². The number of ether oxygens (including phenoxy) is 2. The van der Waals surface area contributed by atoms with Crippen LogP contribution in [0.25, 0.3) is 21.5 Å². The highest BCUT2D eigenvalue weighted by atomic mass is 32.1. The Morgan fingerprint density at radius 1 is 1.21 bits per heavy atom. The topological polar surface area (TPSA) is 47.5 Å². The van der Waals surface area contributed by atoms with Crippen LogP contribution in [-0.4, -0.2) is 48.3 Å². The van der Waals surface area contributed by atoms with E-state index < -0.39 is 0 Å². The number of hydrogen-bond donors (Lipinski definition) is 0. The van der Waals surface area contributed by atoms with Crippen molar-refractivity contribution < 1.29 is 9.47 Å². The van der Waals surface area contributed by atoms with Gasteiger partial charge in [-0.2, -0.15) is 0 Å². The highest BCUT2D eigenvalue weighted by molar-refractivity contribution is 7.17. The molecule has 0 unspecified atom stereocenters. The van der Waals surface area contributed by atoms with Crippen molar-refractivity contribution in [1.29, 1.82) is 0 Å². The highest BCUT2D eigenvalue weighted by Gasteiger charge is 2.15. The van der Waals surface area contributed by atoms with E-state index in [0.29, 0.717) is 0 Å². The number of benzene rings is 1. The maximum Gasteiger partial charge on any atom is 0.128 e. The van der Waals surface area contributed by atoms with Crippen molar-refractivity contribution in [2.45, 2.75) is 6.54 Å². The van der Waals surface area contributed by atoms with Gasteiger partial charge in [0, 0.05) is 25.2 Å². The van der Waals surface area contributed by atoms with Crippen molar-refractivity contribution in [3.63, 3.8) is 0 Å². The standard InChI is InChI=1S/C18H19N3O2S/c1-22-16-3-2-13(11-21-5-7-23-8-6-21)10-14(16)17-18-15(4-9-24-18)19-12-20-17/h2-4,9-10,12H,5-8,11H2,1H3. The minimum Gasteiger partial charge on any atom is -0.496 e. The molecule has 0 aliphatic carbocycles. The molecule has 5 nitrogen and oxygen atoms in total. The Hall–Kier alpha value is -2.02. The molecule has 1 fully saturated rings. The molecule has 3 aromatic rings. The van der Waals surface area contributed by atoms with Crippen molar-refractivity contribution in [3.8, 4) is 17.0 Å². The second-order valence-electron chi connectivity index (χ2n) is 5.78. The smallest absolute Gasteiger partial charge is 0.128 e. The van der Waals surface area contributed by atoms with Gasteiger partial charge in [0.15, 0.2) is 0 Å². The van der Waals surface area contributed by atoms with Crippen LogP contribution in [0.3, 0.4) is 0 Å². The summed E-state index contributed by atoms with van der Waals surface area (Å²) in [5.41, 5.74) is 4.20. The number of aromatic nitrogens is 2. The van der Waals surface area contributed by atoms with Gasteiger partial charge in [0.05, 0.1) is 36.2 Å². The van der Waals surface area contributed by atoms with Crippen molar-refractivity contribution in [2.24, 2.45) is 0 Å². The average Bonchev–Trinajstić information content (AvgIpc) is 3.11. The molecule has 3 heterocycles. The van der Waals surface area contributed by atoms with Gasteiger partial charge < -0.3 is 9.47 Å². The largest absolute Gasteiger partial charge is 0.496 e. The van der Waals surface area contributed by atoms with E-state index in [1.165, 1.54) is 5.56 Å². The monoisotopic (exact) mass is 341 g/mol. The van der Waals surface area contributed by atoms with E-state index in [1.807, 2.05) is 17.5 Å². The third-order valence-corrected chi connectivity index (χ3v) is 5.18. The normalized spacial score (nSPS) is 15.7. The molecule has 2 aromatic heterocycles. The van der Waals surface area contributed by atoms with Crippen LogP contribution >= 0.6 is 11.3 Å². The van der Waals surface area contributed by atoms with Gasteiger partial charge in [0.1, 0.15) is 12.1 Å². The lowest BCUT2D eigenvalue weighted by Gasteiger charge is -2.26. The fourth-order valence-corrected chi connectivity index (χ4v) is 3.89. The van der Waals surface area contributed by atoms with Gasteiger partial charge in [-0.05, 0) is 29.1 Å². The van der Waals surface area contributed by atoms with Crippen LogP contribution in [0, 0.1) is 0 Å². The van der Waals surface area contributed by atoms with Crippen LogP contribution < -0.4 is 4.74 Å². The molecule has 4 rings (SSSR count). The van der Waals surface area contributed by atoms with Crippen LogP contribution in [0.1, 0.15) is 5.56 Å². The molecule has 6 heteroatoms. The molecule has 124 valence electrons. The summed E-state index contributed by atoms with van der Waals surface area (Å²) in [5.74, 6) is 0.842. The first-order valence-corrected chi connectivity index (χ1v) is 8.89. The van der Waals surface area contributed by atoms with Crippen LogP contribution in [-0.2, 0) is 11.3 Å². The third-order valence-electron chi connectivity index (χ3n) is 4.27. The predicted molar refractivity (Wildman–Crippen MR) is 95.5 cm³/mol. The first-order chi connectivity index (χ1) is 11.8. The summed E-state index contributed by atoms with van der Waals surface area (Å²) < 4.78 is 12.1. The van der Waals surface area contributed by atoms with Gasteiger partial charge in [0.2, 0.25) is 0 Å². The van der Waals surface area contributed by atoms with E-state index in [9.17, 15) is 0 Å². The predicted octanol–water partition coefficient (Wildman–Crippen LogP) is 3.20. The van der Waals surface area contributed by atoms with E-state index in [4.69, 9.17) is 9.47 Å². The summed E-state index contributed by atoms with van der Waals surface area (Å²) in [4.78, 5) is 11.3. The number of morpholine rings is 1. The summed E-state index contributed by atoms with van der Waals surface area (Å²) >= 11 is 1.66. The maximum atomic E-state index is 5.58. The first-order valence-electron chi connectivity index (χ1n) is 8.01. The van der Waals surface area contributed by atoms with Crippen LogP contribution in [0.15, 0.2) is 36.0 Å². The SMILES string of the molecule is COc1ccc(CN2CCOCC2)cc1-c1ncnc2ccsc12. The molecule has 0 N–H and O–H groups in total. The maximum absolute atomic E-state index is 5.58. The minimum absolute atomic E-state index is 0.810. The van der Waals surface area contributed by atoms with E-state index in [1.54, 1.807) is 24.8 Å². The molecule has 0 spiro atoms. The highest BCUT2D eigenvalue weighted by Crippen LogP contribution is 2.35. The lowest BCUT2D eigenvalue weighted by atomic mass is 10.1. The van der Waals surface area contributed by atoms with E-state index in [2.05, 4.69) is 27.0 Å². The minimum atomic E-state index is 0.810. The number of fused-ring (bicyclic) bond motifs is 1. The van der Waals surface area contributed by atoms with Gasteiger partial charge in [-0.15, -0.1) is 11.3 Å². The molecule has 1 aliphatic heterocycles. The number of methoxy groups -OCH3 is 1. The zero-order chi connectivity index (χ0) is 16.4. The zero-order valence-corrected chi connectivity index (χ0v) is 14.4. The molecule has 1 saturated heterocycles. The van der Waals surface area contributed by atoms with Crippen molar-refractivity contribution >= 4 is 21.6 Å². The molecule has 0 radical (unpaired) electrons. The summed E-state index contributed by atoms with van der Waals surface area (Å²) in [6.45, 7) is 4.49. The Labute approximate surface area is 144 Å². The van der Waals surface area contributed by atoms with Gasteiger partial charge >= 0.3 is 0 Å². The number of thiophene rings is 1. The van der Waals surface area contributed by atoms with Gasteiger partial charge in [-0.1, -0.05) is 6.07 Å². The molecule has 0 atom stereocenters. The Kier molecular flexibility index (Phi) is 4.42. The van der Waals surface area contributed by atoms with E-state index in [-0.39, 0.29) is 0 Å². The third kappa shape index (κ3) is 3.00. The Morgan fingerprint density at radius 3 is 2.92 bits per heavy atom. The zero-order valence-electron chi connectivity index (χ0n) is 13.6. The summed E-state index contributed by atoms with van der Waals surface area (Å²) in [5, 5.41) is 2.05. The Balaban J connectivity index is 1.73. The molecule has 1 aromatic carbocycles. The van der Waals surface area contributed by atoms with Crippen molar-refractivity contribution in [2.75, 3.05) is 33.4 Å². The van der Waals surface area contributed by atoms with Crippen LogP contribution in [0.4, 0.5) is 0 Å². The van der Waals surface area contributed by atoms with Crippen molar-refractivity contribution in [3.05, 3.63) is 41.5 Å². The summed E-state index contributed by atoms with van der Waals surface area (Å²) in [6, 6.07) is 8.38. The summed E-state index contributed by atoms with van der Waals surface area (Å²) in [6.07, 6.45) is 1.62. The number of nitrogens with zero attached hydrogens (tertiary/aromatic N) is 3. The molecule has 0 amide bonds. The molecular weight excluding hydrogens is 322 g/mol. The second kappa shape index (κ2) is 6.84. The average molecular weight is 341 g/mol. The quantitative estimate of drug-likeness (QED) is 0.729. The van der Waals surface area contributed by atoms with Crippen LogP contribution in [0.2, 0.25) is 0 Å². The van der Waals surface area contributed by atoms with Crippen molar-refractivity contribution in [1.82, 2.24) is 14.9 Å². The van der Waals surface area contributed by atoms with E-state index in [0.717, 1.165) is 60.1 Å². The Morgan fingerprint density at radius 2 is 2.08 bits per heavy atom. The van der Waals surface area contributed by atoms with Crippen LogP contribution in [0.5, 0.6) is 5.75 Å². The molecule has 24 heavy (non-hydrogen) atoms. The second-order valence-corrected chi connectivity index (χ2v) is 6.70.